The molecule has 0 unspecified atom stereocenters. The van der Waals surface area contributed by atoms with E-state index in [1.54, 1.807) is 17.5 Å². The van der Waals surface area contributed by atoms with Gasteiger partial charge in [-0.15, -0.1) is 11.3 Å². The number of thiophene rings is 1. The minimum absolute atomic E-state index is 0.0656. The lowest BCUT2D eigenvalue weighted by molar-refractivity contribution is 0.0791. The Hall–Kier alpha value is -2.02. The van der Waals surface area contributed by atoms with Crippen molar-refractivity contribution in [1.29, 1.82) is 0 Å². The molecule has 2 atom stereocenters. The highest BCUT2D eigenvalue weighted by atomic mass is 32.1. The van der Waals surface area contributed by atoms with E-state index < -0.39 is 0 Å². The first-order valence-corrected chi connectivity index (χ1v) is 10.0. The van der Waals surface area contributed by atoms with Crippen molar-refractivity contribution >= 4 is 28.6 Å². The molecule has 1 aliphatic rings. The average Bonchev–Trinajstić information content (AvgIpc) is 3.41. The first kappa shape index (κ1) is 16.4. The molecule has 4 nitrogen and oxygen atoms in total. The fourth-order valence-electron chi connectivity index (χ4n) is 3.40. The lowest BCUT2D eigenvalue weighted by atomic mass is 9.89. The smallest absolute Gasteiger partial charge is 0.265 e. The van der Waals surface area contributed by atoms with Gasteiger partial charge in [0.15, 0.2) is 0 Å². The van der Waals surface area contributed by atoms with Gasteiger partial charge in [0.2, 0.25) is 0 Å². The van der Waals surface area contributed by atoms with Crippen LogP contribution >= 0.6 is 22.7 Å². The molecule has 1 aromatic carbocycles. The Balaban J connectivity index is 1.53. The zero-order valence-electron chi connectivity index (χ0n) is 13.7. The van der Waals surface area contributed by atoms with Gasteiger partial charge in [-0.3, -0.25) is 4.79 Å². The zero-order chi connectivity index (χ0) is 17.2. The number of likely N-dealkylation sites (tertiary alicyclic amines) is 1. The monoisotopic (exact) mass is 369 g/mol. The van der Waals surface area contributed by atoms with Crippen LogP contribution < -0.4 is 5.73 Å². The predicted molar refractivity (Wildman–Crippen MR) is 103 cm³/mol. The summed E-state index contributed by atoms with van der Waals surface area (Å²) < 4.78 is 0. The second-order valence-corrected chi connectivity index (χ2v) is 8.08. The van der Waals surface area contributed by atoms with Gasteiger partial charge in [-0.1, -0.05) is 30.3 Å². The number of amides is 1. The number of hydrogen-bond donors (Lipinski definition) is 1. The third-order valence-electron chi connectivity index (χ3n) is 4.74. The molecule has 1 aliphatic heterocycles. The molecule has 2 N–H and O–H groups in total. The number of carbonyl (C=O) groups is 1. The van der Waals surface area contributed by atoms with Crippen LogP contribution in [0.3, 0.4) is 0 Å². The normalized spacial score (nSPS) is 20.1. The molecular weight excluding hydrogens is 350 g/mol. The summed E-state index contributed by atoms with van der Waals surface area (Å²) in [6.07, 6.45) is 1.70. The van der Waals surface area contributed by atoms with Crippen LogP contribution in [0.2, 0.25) is 0 Å². The highest BCUT2D eigenvalue weighted by molar-refractivity contribution is 7.17. The topological polar surface area (TPSA) is 59.2 Å². The molecule has 0 aliphatic carbocycles. The molecule has 2 aromatic heterocycles. The molecule has 25 heavy (non-hydrogen) atoms. The summed E-state index contributed by atoms with van der Waals surface area (Å²) in [4.78, 5) is 20.0. The quantitative estimate of drug-likeness (QED) is 0.763. The number of aromatic nitrogens is 1. The molecule has 128 valence electrons. The molecule has 0 bridgehead atoms. The molecule has 0 spiro atoms. The standard InChI is InChI=1S/C19H19N3OS2/c20-8-15-10-22(11-16(15)13-4-2-1-3-5-13)19(23)17-9-21-18(25-17)14-6-7-24-12-14/h1-7,9,12,15-16H,8,10-11,20H2/t15-,16+/m1/s1. The number of nitrogens with two attached hydrogens (primary N) is 1. The number of rotatable bonds is 4. The van der Waals surface area contributed by atoms with Crippen molar-refractivity contribution in [2.75, 3.05) is 19.6 Å². The maximum atomic E-state index is 12.9. The van der Waals surface area contributed by atoms with Crippen molar-refractivity contribution in [1.82, 2.24) is 9.88 Å². The number of nitrogens with zero attached hydrogens (tertiary/aromatic N) is 2. The van der Waals surface area contributed by atoms with Crippen molar-refractivity contribution in [2.45, 2.75) is 5.92 Å². The van der Waals surface area contributed by atoms with Gasteiger partial charge >= 0.3 is 0 Å². The number of thiazole rings is 1. The molecule has 3 heterocycles. The van der Waals surface area contributed by atoms with E-state index >= 15 is 0 Å². The largest absolute Gasteiger partial charge is 0.337 e. The molecule has 3 aromatic rings. The summed E-state index contributed by atoms with van der Waals surface area (Å²) in [5.74, 6) is 0.672. The fraction of sp³-hybridized carbons (Fsp3) is 0.263. The lowest BCUT2D eigenvalue weighted by Crippen LogP contribution is -2.29. The van der Waals surface area contributed by atoms with Gasteiger partial charge < -0.3 is 10.6 Å². The van der Waals surface area contributed by atoms with Crippen molar-refractivity contribution in [3.63, 3.8) is 0 Å². The van der Waals surface area contributed by atoms with Gasteiger partial charge in [0.25, 0.3) is 5.91 Å². The third kappa shape index (κ3) is 3.25. The molecule has 1 saturated heterocycles. The Morgan fingerprint density at radius 3 is 2.80 bits per heavy atom. The first-order chi connectivity index (χ1) is 12.3. The molecule has 4 rings (SSSR count). The molecule has 1 fully saturated rings. The Labute approximate surface area is 154 Å². The summed E-state index contributed by atoms with van der Waals surface area (Å²) in [5, 5.41) is 4.98. The maximum Gasteiger partial charge on any atom is 0.265 e. The molecule has 0 saturated carbocycles. The summed E-state index contributed by atoms with van der Waals surface area (Å²) in [5.41, 5.74) is 8.33. The zero-order valence-corrected chi connectivity index (χ0v) is 15.3. The number of hydrogen-bond acceptors (Lipinski definition) is 5. The molecule has 6 heteroatoms. The SMILES string of the molecule is NC[C@@H]1CN(C(=O)c2cnc(-c3ccsc3)s2)C[C@H]1c1ccccc1. The van der Waals surface area contributed by atoms with E-state index in [0.717, 1.165) is 17.1 Å². The second kappa shape index (κ2) is 7.07. The Bertz CT molecular complexity index is 845. The van der Waals surface area contributed by atoms with Gasteiger partial charge in [-0.2, -0.15) is 11.3 Å². The highest BCUT2D eigenvalue weighted by Crippen LogP contribution is 2.34. The van der Waals surface area contributed by atoms with Crippen LogP contribution in [-0.2, 0) is 0 Å². The van der Waals surface area contributed by atoms with Gasteiger partial charge in [0.05, 0.1) is 6.20 Å². The van der Waals surface area contributed by atoms with Crippen LogP contribution in [0.5, 0.6) is 0 Å². The van der Waals surface area contributed by atoms with Crippen LogP contribution in [0.25, 0.3) is 10.6 Å². The number of benzene rings is 1. The van der Waals surface area contributed by atoms with Crippen molar-refractivity contribution in [2.24, 2.45) is 11.7 Å². The molecule has 0 radical (unpaired) electrons. The fourth-order valence-corrected chi connectivity index (χ4v) is 5.00. The van der Waals surface area contributed by atoms with Gasteiger partial charge in [0.1, 0.15) is 9.88 Å². The first-order valence-electron chi connectivity index (χ1n) is 8.29. The van der Waals surface area contributed by atoms with E-state index in [9.17, 15) is 4.79 Å². The van der Waals surface area contributed by atoms with E-state index in [1.807, 2.05) is 34.5 Å². The Morgan fingerprint density at radius 2 is 2.08 bits per heavy atom. The Kier molecular flexibility index (Phi) is 4.65. The predicted octanol–water partition coefficient (Wildman–Crippen LogP) is 3.69. The van der Waals surface area contributed by atoms with Crippen LogP contribution in [0.1, 0.15) is 21.2 Å². The summed E-state index contributed by atoms with van der Waals surface area (Å²) in [7, 11) is 0. The van der Waals surface area contributed by atoms with Crippen LogP contribution in [0.4, 0.5) is 0 Å². The molecule has 1 amide bonds. The molecular formula is C19H19N3OS2. The summed E-state index contributed by atoms with van der Waals surface area (Å²) in [6, 6.07) is 12.4. The lowest BCUT2D eigenvalue weighted by Gasteiger charge is -2.16. The minimum atomic E-state index is 0.0656. The number of carbonyl (C=O) groups excluding carboxylic acids is 1. The third-order valence-corrected chi connectivity index (χ3v) is 6.46. The van der Waals surface area contributed by atoms with E-state index in [-0.39, 0.29) is 5.91 Å². The van der Waals surface area contributed by atoms with Crippen LogP contribution in [0, 0.1) is 5.92 Å². The van der Waals surface area contributed by atoms with E-state index in [1.165, 1.54) is 16.9 Å². The highest BCUT2D eigenvalue weighted by Gasteiger charge is 2.36. The van der Waals surface area contributed by atoms with E-state index in [4.69, 9.17) is 5.73 Å². The summed E-state index contributed by atoms with van der Waals surface area (Å²) in [6.45, 7) is 2.02. The second-order valence-electron chi connectivity index (χ2n) is 6.26. The maximum absolute atomic E-state index is 12.9. The average molecular weight is 370 g/mol. The van der Waals surface area contributed by atoms with Crippen molar-refractivity contribution in [3.8, 4) is 10.6 Å². The van der Waals surface area contributed by atoms with Crippen molar-refractivity contribution in [3.05, 3.63) is 63.8 Å². The van der Waals surface area contributed by atoms with Gasteiger partial charge in [-0.25, -0.2) is 4.98 Å². The van der Waals surface area contributed by atoms with Gasteiger partial charge in [-0.05, 0) is 29.5 Å². The van der Waals surface area contributed by atoms with Crippen molar-refractivity contribution < 1.29 is 4.79 Å². The van der Waals surface area contributed by atoms with Crippen LogP contribution in [-0.4, -0.2) is 35.4 Å². The summed E-state index contributed by atoms with van der Waals surface area (Å²) >= 11 is 3.10. The van der Waals surface area contributed by atoms with E-state index in [2.05, 4.69) is 22.5 Å². The Morgan fingerprint density at radius 1 is 1.24 bits per heavy atom. The van der Waals surface area contributed by atoms with E-state index in [0.29, 0.717) is 29.8 Å². The minimum Gasteiger partial charge on any atom is -0.337 e. The van der Waals surface area contributed by atoms with Gasteiger partial charge in [0, 0.05) is 30.0 Å². The van der Waals surface area contributed by atoms with Crippen LogP contribution in [0.15, 0.2) is 53.4 Å².